The number of aromatic carboxylic acids is 1. The van der Waals surface area contributed by atoms with E-state index in [1.807, 2.05) is 0 Å². The van der Waals surface area contributed by atoms with E-state index in [0.29, 0.717) is 5.65 Å². The first-order valence-electron chi connectivity index (χ1n) is 3.65. The Morgan fingerprint density at radius 2 is 2.29 bits per heavy atom. The Morgan fingerprint density at radius 3 is 2.93 bits per heavy atom. The number of hydrogen-bond acceptors (Lipinski definition) is 2. The van der Waals surface area contributed by atoms with Crippen molar-refractivity contribution in [1.82, 2.24) is 9.38 Å². The monoisotopic (exact) mass is 214 g/mol. The van der Waals surface area contributed by atoms with E-state index in [9.17, 15) is 9.18 Å². The van der Waals surface area contributed by atoms with Crippen molar-refractivity contribution in [2.24, 2.45) is 0 Å². The van der Waals surface area contributed by atoms with E-state index >= 15 is 0 Å². The molecular formula is C8H4ClFN2O2. The average molecular weight is 215 g/mol. The van der Waals surface area contributed by atoms with Crippen LogP contribution >= 0.6 is 11.6 Å². The highest BCUT2D eigenvalue weighted by molar-refractivity contribution is 6.31. The molecule has 2 aromatic heterocycles. The number of fused-ring (bicyclic) bond motifs is 1. The molecule has 2 heterocycles. The standard InChI is InChI=1S/C8H4ClFN2O2/c9-4-1-7-11-6(8(13)14)3-12(7)2-5(4)10/h1-3H,(H,13,14). The van der Waals surface area contributed by atoms with Gasteiger partial charge < -0.3 is 9.51 Å². The molecule has 0 aliphatic heterocycles. The summed E-state index contributed by atoms with van der Waals surface area (Å²) in [6, 6.07) is 1.27. The molecule has 72 valence electrons. The third-order valence-electron chi connectivity index (χ3n) is 1.72. The lowest BCUT2D eigenvalue weighted by atomic mass is 10.4. The SMILES string of the molecule is O=C(O)c1cn2cc(F)c(Cl)cc2n1. The van der Waals surface area contributed by atoms with Crippen LogP contribution in [0.1, 0.15) is 10.5 Å². The van der Waals surface area contributed by atoms with E-state index in [-0.39, 0.29) is 10.7 Å². The predicted molar refractivity (Wildman–Crippen MR) is 47.1 cm³/mol. The van der Waals surface area contributed by atoms with Gasteiger partial charge in [0.2, 0.25) is 0 Å². The molecular weight excluding hydrogens is 211 g/mol. The quantitative estimate of drug-likeness (QED) is 0.788. The van der Waals surface area contributed by atoms with Gasteiger partial charge in [-0.05, 0) is 0 Å². The van der Waals surface area contributed by atoms with Gasteiger partial charge in [0.25, 0.3) is 0 Å². The van der Waals surface area contributed by atoms with Crippen LogP contribution in [0.3, 0.4) is 0 Å². The summed E-state index contributed by atoms with van der Waals surface area (Å²) in [5.41, 5.74) is 0.153. The van der Waals surface area contributed by atoms with Crippen LogP contribution in [0, 0.1) is 5.82 Å². The highest BCUT2D eigenvalue weighted by Gasteiger charge is 2.10. The van der Waals surface area contributed by atoms with E-state index < -0.39 is 11.8 Å². The maximum absolute atomic E-state index is 12.9. The third-order valence-corrected chi connectivity index (χ3v) is 2.01. The minimum atomic E-state index is -1.16. The van der Waals surface area contributed by atoms with Crippen molar-refractivity contribution in [3.8, 4) is 0 Å². The first-order valence-corrected chi connectivity index (χ1v) is 4.03. The topological polar surface area (TPSA) is 54.6 Å². The first kappa shape index (κ1) is 8.96. The predicted octanol–water partition coefficient (Wildman–Crippen LogP) is 1.82. The van der Waals surface area contributed by atoms with Gasteiger partial charge in [0.1, 0.15) is 5.65 Å². The lowest BCUT2D eigenvalue weighted by Gasteiger charge is -1.94. The van der Waals surface area contributed by atoms with E-state index in [1.165, 1.54) is 16.7 Å². The number of nitrogens with zero attached hydrogens (tertiary/aromatic N) is 2. The smallest absolute Gasteiger partial charge is 0.356 e. The van der Waals surface area contributed by atoms with Crippen molar-refractivity contribution in [2.75, 3.05) is 0 Å². The molecule has 0 aromatic carbocycles. The van der Waals surface area contributed by atoms with Gasteiger partial charge in [-0.1, -0.05) is 11.6 Å². The molecule has 0 amide bonds. The van der Waals surface area contributed by atoms with Gasteiger partial charge in [0.15, 0.2) is 11.5 Å². The molecule has 0 radical (unpaired) electrons. The summed E-state index contributed by atoms with van der Waals surface area (Å²) in [5.74, 6) is -1.78. The maximum atomic E-state index is 12.9. The highest BCUT2D eigenvalue weighted by Crippen LogP contribution is 2.16. The number of pyridine rings is 1. The lowest BCUT2D eigenvalue weighted by molar-refractivity contribution is 0.0691. The number of halogens is 2. The summed E-state index contributed by atoms with van der Waals surface area (Å²) in [7, 11) is 0. The molecule has 2 rings (SSSR count). The number of rotatable bonds is 1. The fourth-order valence-electron chi connectivity index (χ4n) is 1.09. The summed E-state index contributed by atoms with van der Waals surface area (Å²) in [5, 5.41) is 8.54. The third kappa shape index (κ3) is 1.31. The molecule has 1 N–H and O–H groups in total. The van der Waals surface area contributed by atoms with Crippen LogP contribution in [-0.2, 0) is 0 Å². The van der Waals surface area contributed by atoms with Crippen LogP contribution in [0.25, 0.3) is 5.65 Å². The van der Waals surface area contributed by atoms with Crippen LogP contribution in [0.2, 0.25) is 5.02 Å². The van der Waals surface area contributed by atoms with Crippen molar-refractivity contribution >= 4 is 23.2 Å². The van der Waals surface area contributed by atoms with Gasteiger partial charge in [-0.15, -0.1) is 0 Å². The minimum absolute atomic E-state index is 0.0833. The summed E-state index contributed by atoms with van der Waals surface area (Å²) in [4.78, 5) is 14.3. The molecule has 0 saturated heterocycles. The minimum Gasteiger partial charge on any atom is -0.476 e. The Balaban J connectivity index is 2.72. The van der Waals surface area contributed by atoms with Gasteiger partial charge in [-0.25, -0.2) is 14.2 Å². The van der Waals surface area contributed by atoms with Crippen molar-refractivity contribution in [2.45, 2.75) is 0 Å². The zero-order valence-electron chi connectivity index (χ0n) is 6.74. The first-order chi connectivity index (χ1) is 6.58. The van der Waals surface area contributed by atoms with Gasteiger partial charge in [-0.3, -0.25) is 0 Å². The molecule has 2 aromatic rings. The van der Waals surface area contributed by atoms with E-state index in [1.54, 1.807) is 0 Å². The van der Waals surface area contributed by atoms with Gasteiger partial charge in [-0.2, -0.15) is 0 Å². The Bertz CT molecular complexity index is 484. The van der Waals surface area contributed by atoms with Gasteiger partial charge in [0.05, 0.1) is 5.02 Å². The maximum Gasteiger partial charge on any atom is 0.356 e. The largest absolute Gasteiger partial charge is 0.476 e. The lowest BCUT2D eigenvalue weighted by Crippen LogP contribution is -1.94. The Kier molecular flexibility index (Phi) is 1.89. The summed E-state index contributed by atoms with van der Waals surface area (Å²) < 4.78 is 14.2. The highest BCUT2D eigenvalue weighted by atomic mass is 35.5. The number of imidazole rings is 1. The number of hydrogen-bond donors (Lipinski definition) is 1. The van der Waals surface area contributed by atoms with Crippen molar-refractivity contribution in [1.29, 1.82) is 0 Å². The molecule has 0 aliphatic carbocycles. The molecule has 0 spiro atoms. The van der Waals surface area contributed by atoms with E-state index in [2.05, 4.69) is 4.98 Å². The van der Waals surface area contributed by atoms with Crippen LogP contribution < -0.4 is 0 Å². The van der Waals surface area contributed by atoms with E-state index in [4.69, 9.17) is 16.7 Å². The van der Waals surface area contributed by atoms with Crippen LogP contribution in [-0.4, -0.2) is 20.5 Å². The zero-order chi connectivity index (χ0) is 10.3. The molecule has 14 heavy (non-hydrogen) atoms. The van der Waals surface area contributed by atoms with Crippen LogP contribution in [0.15, 0.2) is 18.5 Å². The van der Waals surface area contributed by atoms with Crippen molar-refractivity contribution in [3.05, 3.63) is 35.0 Å². The zero-order valence-corrected chi connectivity index (χ0v) is 7.49. The van der Waals surface area contributed by atoms with Gasteiger partial charge >= 0.3 is 5.97 Å². The second-order valence-corrected chi connectivity index (χ2v) is 3.07. The second-order valence-electron chi connectivity index (χ2n) is 2.67. The Hall–Kier alpha value is -1.62. The van der Waals surface area contributed by atoms with Crippen molar-refractivity contribution < 1.29 is 14.3 Å². The van der Waals surface area contributed by atoms with Gasteiger partial charge in [0, 0.05) is 18.5 Å². The second kappa shape index (κ2) is 2.95. The normalized spacial score (nSPS) is 10.7. The molecule has 0 bridgehead atoms. The summed E-state index contributed by atoms with van der Waals surface area (Å²) in [6.45, 7) is 0. The van der Waals surface area contributed by atoms with E-state index in [0.717, 1.165) is 6.20 Å². The Labute approximate surface area is 82.6 Å². The van der Waals surface area contributed by atoms with Crippen LogP contribution in [0.4, 0.5) is 4.39 Å². The molecule has 0 fully saturated rings. The summed E-state index contributed by atoms with van der Waals surface area (Å²) >= 11 is 5.50. The number of aromatic nitrogens is 2. The van der Waals surface area contributed by atoms with Crippen LogP contribution in [0.5, 0.6) is 0 Å². The Morgan fingerprint density at radius 1 is 1.57 bits per heavy atom. The molecule has 0 aliphatic rings. The average Bonchev–Trinajstić information content (AvgIpc) is 2.48. The molecule has 6 heteroatoms. The number of carbonyl (C=O) groups is 1. The number of carboxylic acids is 1. The van der Waals surface area contributed by atoms with Crippen molar-refractivity contribution in [3.63, 3.8) is 0 Å². The molecule has 4 nitrogen and oxygen atoms in total. The summed E-state index contributed by atoms with van der Waals surface area (Å²) in [6.07, 6.45) is 2.30. The molecule has 0 unspecified atom stereocenters. The number of carboxylic acid groups (broad SMARTS) is 1. The fourth-order valence-corrected chi connectivity index (χ4v) is 1.23. The fraction of sp³-hybridized carbons (Fsp3) is 0. The molecule has 0 atom stereocenters. The molecule has 0 saturated carbocycles.